The predicted octanol–water partition coefficient (Wildman–Crippen LogP) is 3.20. The Morgan fingerprint density at radius 1 is 1.17 bits per heavy atom. The second kappa shape index (κ2) is 7.54. The molecule has 1 aromatic carbocycles. The molecular weight excluding hydrogens is 374 g/mol. The van der Waals surface area contributed by atoms with Crippen molar-refractivity contribution in [2.24, 2.45) is 5.92 Å². The molecule has 1 aromatic heterocycles. The molecule has 4 rings (SSSR count). The summed E-state index contributed by atoms with van der Waals surface area (Å²) < 4.78 is 5.32. The van der Waals surface area contributed by atoms with E-state index >= 15 is 0 Å². The van der Waals surface area contributed by atoms with Crippen LogP contribution in [-0.4, -0.2) is 39.6 Å². The van der Waals surface area contributed by atoms with Crippen LogP contribution in [0.5, 0.6) is 0 Å². The van der Waals surface area contributed by atoms with Crippen molar-refractivity contribution < 1.29 is 18.9 Å². The predicted molar refractivity (Wildman–Crippen MR) is 104 cm³/mol. The number of non-ortho nitro benzene ring substituents is 1. The molecule has 0 bridgehead atoms. The zero-order valence-corrected chi connectivity index (χ0v) is 16.0. The van der Waals surface area contributed by atoms with Crippen molar-refractivity contribution in [1.82, 2.24) is 9.80 Å². The van der Waals surface area contributed by atoms with Gasteiger partial charge >= 0.3 is 0 Å². The highest BCUT2D eigenvalue weighted by Gasteiger charge is 2.42. The van der Waals surface area contributed by atoms with E-state index in [4.69, 9.17) is 4.42 Å². The van der Waals surface area contributed by atoms with Crippen molar-refractivity contribution in [2.45, 2.75) is 26.3 Å². The third kappa shape index (κ3) is 3.53. The smallest absolute Gasteiger partial charge is 0.278 e. The topological polar surface area (TPSA) is 96.9 Å². The van der Waals surface area contributed by atoms with E-state index in [0.717, 1.165) is 12.8 Å². The molecule has 0 aliphatic carbocycles. The Morgan fingerprint density at radius 2 is 1.93 bits per heavy atom. The van der Waals surface area contributed by atoms with E-state index in [1.165, 1.54) is 35.4 Å². The maximum Gasteiger partial charge on any atom is 0.278 e. The minimum atomic E-state index is -0.490. The highest BCUT2D eigenvalue weighted by molar-refractivity contribution is 6.35. The van der Waals surface area contributed by atoms with Gasteiger partial charge in [-0.05, 0) is 48.6 Å². The quantitative estimate of drug-likeness (QED) is 0.438. The lowest BCUT2D eigenvalue weighted by Gasteiger charge is -2.33. The Morgan fingerprint density at radius 3 is 2.55 bits per heavy atom. The fraction of sp³-hybridized carbons (Fsp3) is 0.333. The number of hydrogen-bond donors (Lipinski definition) is 0. The van der Waals surface area contributed by atoms with Gasteiger partial charge in [0.2, 0.25) is 0 Å². The van der Waals surface area contributed by atoms with Crippen molar-refractivity contribution in [3.63, 3.8) is 0 Å². The van der Waals surface area contributed by atoms with E-state index < -0.39 is 10.8 Å². The van der Waals surface area contributed by atoms with Gasteiger partial charge in [0.15, 0.2) is 0 Å². The number of amides is 2. The maximum absolute atomic E-state index is 13.3. The number of rotatable bonds is 5. The lowest BCUT2D eigenvalue weighted by atomic mass is 9.97. The number of nitrogens with zero attached hydrogens (tertiary/aromatic N) is 3. The van der Waals surface area contributed by atoms with Gasteiger partial charge in [-0.25, -0.2) is 0 Å². The van der Waals surface area contributed by atoms with Gasteiger partial charge in [0.1, 0.15) is 11.5 Å². The third-order valence-corrected chi connectivity index (χ3v) is 5.38. The average Bonchev–Trinajstić information content (AvgIpc) is 3.30. The Hall–Kier alpha value is -3.42. The number of piperidine rings is 1. The number of nitro benzene ring substituents is 1. The second-order valence-electron chi connectivity index (χ2n) is 7.50. The van der Waals surface area contributed by atoms with E-state index in [2.05, 4.69) is 6.92 Å². The third-order valence-electron chi connectivity index (χ3n) is 5.38. The van der Waals surface area contributed by atoms with E-state index in [1.54, 1.807) is 12.1 Å². The van der Waals surface area contributed by atoms with Crippen LogP contribution in [-0.2, 0) is 16.1 Å². The van der Waals surface area contributed by atoms with Gasteiger partial charge in [-0.2, -0.15) is 0 Å². The molecular formula is C21H21N3O5. The molecule has 1 saturated heterocycles. The number of hydrogen-bond acceptors (Lipinski definition) is 6. The zero-order valence-electron chi connectivity index (χ0n) is 16.0. The molecule has 2 aromatic rings. The Balaban J connectivity index is 1.75. The normalized spacial score (nSPS) is 20.0. The first-order valence-electron chi connectivity index (χ1n) is 9.58. The molecule has 2 amide bonds. The van der Waals surface area contributed by atoms with Crippen LogP contribution < -0.4 is 0 Å². The fourth-order valence-electron chi connectivity index (χ4n) is 3.96. The first-order valence-corrected chi connectivity index (χ1v) is 9.58. The van der Waals surface area contributed by atoms with E-state index in [9.17, 15) is 19.7 Å². The van der Waals surface area contributed by atoms with Crippen LogP contribution in [0.4, 0.5) is 5.69 Å². The fourth-order valence-corrected chi connectivity index (χ4v) is 3.96. The number of benzene rings is 1. The number of furan rings is 1. The molecule has 2 aliphatic rings. The van der Waals surface area contributed by atoms with Gasteiger partial charge in [0.05, 0.1) is 23.3 Å². The molecule has 1 fully saturated rings. The molecule has 1 unspecified atom stereocenters. The van der Waals surface area contributed by atoms with Gasteiger partial charge in [-0.15, -0.1) is 0 Å². The summed E-state index contributed by atoms with van der Waals surface area (Å²) in [5.74, 6) is 0.168. The molecule has 150 valence electrons. The maximum atomic E-state index is 13.3. The molecule has 0 radical (unpaired) electrons. The van der Waals surface area contributed by atoms with E-state index in [0.29, 0.717) is 41.6 Å². The van der Waals surface area contributed by atoms with Crippen molar-refractivity contribution >= 4 is 23.1 Å². The Labute approximate surface area is 167 Å². The summed E-state index contributed by atoms with van der Waals surface area (Å²) in [6, 6.07) is 9.19. The SMILES string of the molecule is CC1CCCN(C2=C(c3ccc([N+](=O)[O-])cc3)C(=O)N(Cc3ccco3)C2=O)C1. The summed E-state index contributed by atoms with van der Waals surface area (Å²) in [5, 5.41) is 11.0. The van der Waals surface area contributed by atoms with Gasteiger partial charge in [-0.3, -0.25) is 24.6 Å². The lowest BCUT2D eigenvalue weighted by Crippen LogP contribution is -2.39. The standard InChI is InChI=1S/C21H21N3O5/c1-14-4-2-10-22(12-14)19-18(15-6-8-16(9-7-15)24(27)28)20(25)23(21(19)26)13-17-5-3-11-29-17/h3,5-9,11,14H,2,4,10,12-13H2,1H3. The molecule has 29 heavy (non-hydrogen) atoms. The van der Waals surface area contributed by atoms with Crippen molar-refractivity contribution in [1.29, 1.82) is 0 Å². The van der Waals surface area contributed by atoms with E-state index in [-0.39, 0.29) is 18.1 Å². The number of likely N-dealkylation sites (tertiary alicyclic amines) is 1. The number of imide groups is 1. The van der Waals surface area contributed by atoms with Gasteiger partial charge < -0.3 is 9.32 Å². The molecule has 1 atom stereocenters. The highest BCUT2D eigenvalue weighted by Crippen LogP contribution is 2.35. The second-order valence-corrected chi connectivity index (χ2v) is 7.50. The van der Waals surface area contributed by atoms with Crippen LogP contribution >= 0.6 is 0 Å². The monoisotopic (exact) mass is 395 g/mol. The van der Waals surface area contributed by atoms with Crippen molar-refractivity contribution in [2.75, 3.05) is 13.1 Å². The number of carbonyl (C=O) groups is 2. The average molecular weight is 395 g/mol. The minimum absolute atomic E-state index is 0.0496. The van der Waals surface area contributed by atoms with Crippen LogP contribution in [0.2, 0.25) is 0 Å². The molecule has 2 aliphatic heterocycles. The highest BCUT2D eigenvalue weighted by atomic mass is 16.6. The molecule has 3 heterocycles. The van der Waals surface area contributed by atoms with Crippen molar-refractivity contribution in [3.05, 3.63) is 69.8 Å². The van der Waals surface area contributed by atoms with Crippen molar-refractivity contribution in [3.8, 4) is 0 Å². The summed E-state index contributed by atoms with van der Waals surface area (Å²) in [4.78, 5) is 40.2. The van der Waals surface area contributed by atoms with Crippen LogP contribution in [0.3, 0.4) is 0 Å². The van der Waals surface area contributed by atoms with Crippen LogP contribution in [0.15, 0.2) is 52.8 Å². The molecule has 0 spiro atoms. The summed E-state index contributed by atoms with van der Waals surface area (Å²) in [5.41, 5.74) is 1.11. The van der Waals surface area contributed by atoms with Gasteiger partial charge in [-0.1, -0.05) is 6.92 Å². The van der Waals surface area contributed by atoms with Crippen LogP contribution in [0, 0.1) is 16.0 Å². The Bertz CT molecular complexity index is 978. The summed E-state index contributed by atoms with van der Waals surface area (Å²) in [6.07, 6.45) is 3.52. The Kier molecular flexibility index (Phi) is 4.92. The first kappa shape index (κ1) is 18.9. The molecule has 0 saturated carbocycles. The van der Waals surface area contributed by atoms with Gasteiger partial charge in [0.25, 0.3) is 17.5 Å². The van der Waals surface area contributed by atoms with Gasteiger partial charge in [0, 0.05) is 25.2 Å². The first-order chi connectivity index (χ1) is 14.0. The summed E-state index contributed by atoms with van der Waals surface area (Å²) >= 11 is 0. The summed E-state index contributed by atoms with van der Waals surface area (Å²) in [7, 11) is 0. The molecule has 8 nitrogen and oxygen atoms in total. The molecule has 8 heteroatoms. The minimum Gasteiger partial charge on any atom is -0.467 e. The van der Waals surface area contributed by atoms with Crippen LogP contribution in [0.1, 0.15) is 31.1 Å². The number of carbonyl (C=O) groups excluding carboxylic acids is 2. The summed E-state index contributed by atoms with van der Waals surface area (Å²) in [6.45, 7) is 3.57. The lowest BCUT2D eigenvalue weighted by molar-refractivity contribution is -0.384. The largest absolute Gasteiger partial charge is 0.467 e. The van der Waals surface area contributed by atoms with E-state index in [1.807, 2.05) is 4.90 Å². The molecule has 0 N–H and O–H groups in total. The van der Waals surface area contributed by atoms with Crippen LogP contribution in [0.25, 0.3) is 5.57 Å². The number of nitro groups is 1. The zero-order chi connectivity index (χ0) is 20.5.